The molecule has 1 aromatic heterocycles. The van der Waals surface area contributed by atoms with Crippen LogP contribution in [0.25, 0.3) is 11.1 Å². The lowest BCUT2D eigenvalue weighted by molar-refractivity contribution is -0.139. The summed E-state index contributed by atoms with van der Waals surface area (Å²) in [5.74, 6) is -2.24. The number of benzene rings is 2. The van der Waals surface area contributed by atoms with Crippen LogP contribution in [0.4, 0.5) is 0 Å². The summed E-state index contributed by atoms with van der Waals surface area (Å²) in [4.78, 5) is 29.6. The van der Waals surface area contributed by atoms with Gasteiger partial charge in [-0.15, -0.1) is 11.3 Å². The van der Waals surface area contributed by atoms with Gasteiger partial charge in [0.2, 0.25) is 0 Å². The maximum atomic E-state index is 13.4. The van der Waals surface area contributed by atoms with Gasteiger partial charge in [0.25, 0.3) is 5.91 Å². The summed E-state index contributed by atoms with van der Waals surface area (Å²) in [5, 5.41) is 12.1. The number of thiophene rings is 1. The van der Waals surface area contributed by atoms with E-state index in [-0.39, 0.29) is 30.4 Å². The molecule has 0 saturated carbocycles. The van der Waals surface area contributed by atoms with E-state index >= 15 is 0 Å². The van der Waals surface area contributed by atoms with Crippen LogP contribution in [-0.2, 0) is 37.3 Å². The van der Waals surface area contributed by atoms with E-state index in [2.05, 4.69) is 22.3 Å². The van der Waals surface area contributed by atoms with E-state index in [4.69, 9.17) is 9.47 Å². The van der Waals surface area contributed by atoms with E-state index in [9.17, 15) is 23.1 Å². The molecule has 2 atom stereocenters. The molecule has 0 aliphatic rings. The number of aliphatic carboxylic acids is 1. The van der Waals surface area contributed by atoms with Gasteiger partial charge in [-0.2, -0.15) is 0 Å². The first-order chi connectivity index (χ1) is 19.9. The maximum Gasteiger partial charge on any atom is 0.326 e. The maximum absolute atomic E-state index is 13.4. The third-order valence-electron chi connectivity index (χ3n) is 6.54. The summed E-state index contributed by atoms with van der Waals surface area (Å²) in [6.45, 7) is 5.97. The number of nitrogens with one attached hydrogen (secondary N) is 1. The SMILES string of the molecule is CCOC[C@H](OCc1ccc(C(=O)N[C@@H](CCS(C)(=O)=O)C(=O)O)c(-c2ccccc2C)c1)c1ccc(CN(C)C)s1. The smallest absolute Gasteiger partial charge is 0.326 e. The fraction of sp³-hybridized carbons (Fsp3) is 0.419. The average Bonchev–Trinajstić information content (AvgIpc) is 3.38. The highest BCUT2D eigenvalue weighted by molar-refractivity contribution is 7.90. The van der Waals surface area contributed by atoms with Crippen molar-refractivity contribution in [1.29, 1.82) is 0 Å². The molecule has 0 saturated heterocycles. The fourth-order valence-corrected chi connectivity index (χ4v) is 6.23. The van der Waals surface area contributed by atoms with Crippen molar-refractivity contribution < 1.29 is 32.6 Å². The van der Waals surface area contributed by atoms with E-state index in [1.54, 1.807) is 23.5 Å². The van der Waals surface area contributed by atoms with Crippen molar-refractivity contribution >= 4 is 33.1 Å². The number of aryl methyl sites for hydroxylation is 1. The molecule has 2 N–H and O–H groups in total. The molecule has 3 rings (SSSR count). The minimum atomic E-state index is -3.40. The van der Waals surface area contributed by atoms with Crippen LogP contribution >= 0.6 is 11.3 Å². The Kier molecular flexibility index (Phi) is 12.3. The Balaban J connectivity index is 1.89. The van der Waals surface area contributed by atoms with Gasteiger partial charge in [-0.25, -0.2) is 13.2 Å². The number of carbonyl (C=O) groups excluding carboxylic acids is 1. The molecule has 11 heteroatoms. The van der Waals surface area contributed by atoms with Gasteiger partial charge in [0.1, 0.15) is 22.0 Å². The first-order valence-corrected chi connectivity index (χ1v) is 16.6. The second-order valence-corrected chi connectivity index (χ2v) is 13.9. The number of nitrogens with zero attached hydrogens (tertiary/aromatic N) is 1. The van der Waals surface area contributed by atoms with Crippen molar-refractivity contribution in [3.05, 3.63) is 81.0 Å². The second kappa shape index (κ2) is 15.4. The van der Waals surface area contributed by atoms with E-state index < -0.39 is 27.8 Å². The number of hydrogen-bond acceptors (Lipinski definition) is 8. The number of ether oxygens (including phenoxy) is 2. The second-order valence-electron chi connectivity index (χ2n) is 10.5. The van der Waals surface area contributed by atoms with Crippen molar-refractivity contribution in [2.45, 2.75) is 45.6 Å². The molecule has 2 aromatic carbocycles. The topological polar surface area (TPSA) is 122 Å². The Labute approximate surface area is 252 Å². The summed E-state index contributed by atoms with van der Waals surface area (Å²) in [6, 6.07) is 15.8. The normalized spacial score (nSPS) is 13.2. The molecule has 0 spiro atoms. The average molecular weight is 617 g/mol. The van der Waals surface area contributed by atoms with Crippen LogP contribution in [0.5, 0.6) is 0 Å². The molecule has 0 aliphatic heterocycles. The predicted molar refractivity (Wildman–Crippen MR) is 166 cm³/mol. The summed E-state index contributed by atoms with van der Waals surface area (Å²) in [5.41, 5.74) is 3.52. The van der Waals surface area contributed by atoms with Crippen LogP contribution < -0.4 is 5.32 Å². The van der Waals surface area contributed by atoms with E-state index in [1.165, 1.54) is 4.88 Å². The third-order valence-corrected chi connectivity index (χ3v) is 8.68. The van der Waals surface area contributed by atoms with Crippen molar-refractivity contribution in [2.24, 2.45) is 0 Å². The van der Waals surface area contributed by atoms with Gasteiger partial charge in [0.05, 0.1) is 19.0 Å². The molecule has 0 bridgehead atoms. The Morgan fingerprint density at radius 2 is 1.81 bits per heavy atom. The number of amides is 1. The number of hydrogen-bond donors (Lipinski definition) is 2. The van der Waals surface area contributed by atoms with Crippen LogP contribution in [0.1, 0.15) is 50.7 Å². The molecular formula is C31H40N2O7S2. The highest BCUT2D eigenvalue weighted by Gasteiger charge is 2.24. The number of carboxylic acids is 1. The molecule has 42 heavy (non-hydrogen) atoms. The first kappa shape index (κ1) is 33.4. The number of rotatable bonds is 16. The van der Waals surface area contributed by atoms with Gasteiger partial charge in [-0.3, -0.25) is 4.79 Å². The molecule has 0 fully saturated rings. The molecule has 1 amide bonds. The third kappa shape index (κ3) is 10.0. The van der Waals surface area contributed by atoms with Crippen molar-refractivity contribution in [3.63, 3.8) is 0 Å². The highest BCUT2D eigenvalue weighted by atomic mass is 32.2. The van der Waals surface area contributed by atoms with Crippen molar-refractivity contribution in [1.82, 2.24) is 10.2 Å². The molecule has 228 valence electrons. The Bertz CT molecular complexity index is 1470. The fourth-order valence-electron chi connectivity index (χ4n) is 4.40. The zero-order valence-corrected chi connectivity index (χ0v) is 26.4. The number of carbonyl (C=O) groups is 2. The standard InChI is InChI=1S/C31H40N2O7S2/c1-6-39-20-28(29-14-12-23(41-29)18-33(3)4)40-19-22-11-13-25(26(17-22)24-10-8-7-9-21(24)2)30(34)32-27(31(35)36)15-16-42(5,37)38/h7-14,17,27-28H,6,15-16,18-20H2,1-5H3,(H,32,34)(H,35,36)/t27-,28-/m0/s1. The zero-order chi connectivity index (χ0) is 30.9. The van der Waals surface area contributed by atoms with E-state index in [1.807, 2.05) is 58.3 Å². The summed E-state index contributed by atoms with van der Waals surface area (Å²) < 4.78 is 35.3. The highest BCUT2D eigenvalue weighted by Crippen LogP contribution is 2.31. The molecule has 1 heterocycles. The molecule has 0 unspecified atom stereocenters. The summed E-state index contributed by atoms with van der Waals surface area (Å²) in [6.07, 6.45) is 0.540. The Morgan fingerprint density at radius 1 is 1.07 bits per heavy atom. The molecule has 3 aromatic rings. The largest absolute Gasteiger partial charge is 0.480 e. The first-order valence-electron chi connectivity index (χ1n) is 13.7. The molecule has 9 nitrogen and oxygen atoms in total. The van der Waals surface area contributed by atoms with Gasteiger partial charge in [-0.05, 0) is 80.9 Å². The monoisotopic (exact) mass is 616 g/mol. The van der Waals surface area contributed by atoms with Gasteiger partial charge in [0, 0.05) is 34.7 Å². The molecule has 0 aliphatic carbocycles. The van der Waals surface area contributed by atoms with Crippen molar-refractivity contribution in [3.8, 4) is 11.1 Å². The molecular weight excluding hydrogens is 576 g/mol. The van der Waals surface area contributed by atoms with E-state index in [0.717, 1.165) is 34.4 Å². The summed E-state index contributed by atoms with van der Waals surface area (Å²) >= 11 is 1.69. The minimum Gasteiger partial charge on any atom is -0.480 e. The van der Waals surface area contributed by atoms with Crippen LogP contribution in [0.3, 0.4) is 0 Å². The lowest BCUT2D eigenvalue weighted by atomic mass is 9.93. The van der Waals surface area contributed by atoms with Gasteiger partial charge < -0.3 is 24.8 Å². The lowest BCUT2D eigenvalue weighted by Gasteiger charge is -2.19. The zero-order valence-electron chi connectivity index (χ0n) is 24.8. The summed E-state index contributed by atoms with van der Waals surface area (Å²) in [7, 11) is 0.659. The Morgan fingerprint density at radius 3 is 2.45 bits per heavy atom. The van der Waals surface area contributed by atoms with Crippen LogP contribution in [0.2, 0.25) is 0 Å². The van der Waals surface area contributed by atoms with Gasteiger partial charge in [-0.1, -0.05) is 30.3 Å². The number of carboxylic acid groups (broad SMARTS) is 1. The lowest BCUT2D eigenvalue weighted by Crippen LogP contribution is -2.42. The van der Waals surface area contributed by atoms with E-state index in [0.29, 0.717) is 18.8 Å². The minimum absolute atomic E-state index is 0.230. The van der Waals surface area contributed by atoms with Crippen LogP contribution in [0.15, 0.2) is 54.6 Å². The quantitative estimate of drug-likeness (QED) is 0.238. The predicted octanol–water partition coefficient (Wildman–Crippen LogP) is 4.70. The Hall–Kier alpha value is -3.09. The van der Waals surface area contributed by atoms with Crippen molar-refractivity contribution in [2.75, 3.05) is 39.3 Å². The number of sulfone groups is 1. The molecule has 0 radical (unpaired) electrons. The van der Waals surface area contributed by atoms with Gasteiger partial charge in [0.15, 0.2) is 0 Å². The van der Waals surface area contributed by atoms with Crippen LogP contribution in [0, 0.1) is 6.92 Å². The van der Waals surface area contributed by atoms with Gasteiger partial charge >= 0.3 is 5.97 Å². The van der Waals surface area contributed by atoms with Crippen LogP contribution in [-0.4, -0.2) is 75.7 Å².